The summed E-state index contributed by atoms with van der Waals surface area (Å²) in [5.74, 6) is 1.52. The first-order valence-corrected chi connectivity index (χ1v) is 11.7. The summed E-state index contributed by atoms with van der Waals surface area (Å²) in [6.07, 6.45) is 0. The lowest BCUT2D eigenvalue weighted by Crippen LogP contribution is -2.20. The number of ether oxygens (including phenoxy) is 3. The van der Waals surface area contributed by atoms with E-state index in [0.29, 0.717) is 47.8 Å². The van der Waals surface area contributed by atoms with Gasteiger partial charge in [-0.25, -0.2) is 0 Å². The molecule has 2 N–H and O–H groups in total. The van der Waals surface area contributed by atoms with E-state index >= 15 is 0 Å². The zero-order valence-corrected chi connectivity index (χ0v) is 20.9. The van der Waals surface area contributed by atoms with Crippen molar-refractivity contribution in [1.82, 2.24) is 5.32 Å². The van der Waals surface area contributed by atoms with Gasteiger partial charge in [-0.05, 0) is 42.9 Å². The highest BCUT2D eigenvalue weighted by atomic mass is 35.5. The molecule has 0 unspecified atom stereocenters. The average molecular weight is 489 g/mol. The minimum Gasteiger partial charge on any atom is -0.497 e. The third kappa shape index (κ3) is 8.74. The molecule has 7 nitrogen and oxygen atoms in total. The van der Waals surface area contributed by atoms with Crippen molar-refractivity contribution >= 4 is 23.2 Å². The highest BCUT2D eigenvalue weighted by Crippen LogP contribution is 2.28. The molecule has 0 atom stereocenters. The number of furan rings is 1. The lowest BCUT2D eigenvalue weighted by Gasteiger charge is -2.12. The molecule has 184 valence electrons. The number of likely N-dealkylation sites (N-methyl/N-ethyl adjacent to an activating group) is 1. The predicted molar refractivity (Wildman–Crippen MR) is 136 cm³/mol. The van der Waals surface area contributed by atoms with Crippen LogP contribution < -0.4 is 20.1 Å². The summed E-state index contributed by atoms with van der Waals surface area (Å²) in [7, 11) is 1.56. The maximum Gasteiger partial charge on any atom is 0.291 e. The summed E-state index contributed by atoms with van der Waals surface area (Å²) in [4.78, 5) is 12.7. The van der Waals surface area contributed by atoms with Crippen LogP contribution in [0.2, 0.25) is 5.02 Å². The standard InChI is InChI=1S/C24H27ClN2O5.C2H6/c1-3-26-10-11-30-12-13-31-21-15-19(14-20(16-21)29-2)27-24(28)23-9-8-22(32-23)17-4-6-18(25)7-5-17;1-2/h4-9,14-16,26H,3,10-13H2,1-2H3,(H,27,28);1-2H3. The smallest absolute Gasteiger partial charge is 0.291 e. The molecule has 34 heavy (non-hydrogen) atoms. The van der Waals surface area contributed by atoms with Gasteiger partial charge in [0.05, 0.1) is 20.3 Å². The molecule has 0 spiro atoms. The highest BCUT2D eigenvalue weighted by molar-refractivity contribution is 6.30. The van der Waals surface area contributed by atoms with Crippen molar-refractivity contribution in [3.8, 4) is 22.8 Å². The molecular formula is C26H33ClN2O5. The van der Waals surface area contributed by atoms with Gasteiger partial charge in [0.25, 0.3) is 5.91 Å². The number of benzene rings is 2. The largest absolute Gasteiger partial charge is 0.497 e. The van der Waals surface area contributed by atoms with Gasteiger partial charge >= 0.3 is 0 Å². The SMILES string of the molecule is CC.CCNCCOCCOc1cc(NC(=O)c2ccc(-c3ccc(Cl)cc3)o2)cc(OC)c1. The molecule has 3 rings (SSSR count). The Morgan fingerprint density at radius 1 is 0.971 bits per heavy atom. The van der Waals surface area contributed by atoms with Gasteiger partial charge in [-0.15, -0.1) is 0 Å². The molecular weight excluding hydrogens is 456 g/mol. The Morgan fingerprint density at radius 2 is 1.71 bits per heavy atom. The van der Waals surface area contributed by atoms with Crippen LogP contribution in [0.25, 0.3) is 11.3 Å². The number of anilines is 1. The second-order valence-electron chi connectivity index (χ2n) is 6.84. The normalized spacial score (nSPS) is 10.3. The lowest BCUT2D eigenvalue weighted by molar-refractivity contribution is 0.0996. The summed E-state index contributed by atoms with van der Waals surface area (Å²) < 4.78 is 22.3. The molecule has 8 heteroatoms. The molecule has 0 radical (unpaired) electrons. The monoisotopic (exact) mass is 488 g/mol. The summed E-state index contributed by atoms with van der Waals surface area (Å²) in [5, 5.41) is 6.64. The van der Waals surface area contributed by atoms with Gasteiger partial charge in [-0.1, -0.05) is 32.4 Å². The minimum absolute atomic E-state index is 0.189. The Bertz CT molecular complexity index is 1000. The predicted octanol–water partition coefficient (Wildman–Crippen LogP) is 5.89. The number of halogens is 1. The Hall–Kier alpha value is -3.00. The molecule has 0 fully saturated rings. The van der Waals surface area contributed by atoms with Gasteiger partial charge in [0.15, 0.2) is 5.76 Å². The van der Waals surface area contributed by atoms with Crippen molar-refractivity contribution in [2.75, 3.05) is 45.3 Å². The molecule has 1 amide bonds. The second kappa shape index (κ2) is 15.0. The number of hydrogen-bond acceptors (Lipinski definition) is 6. The van der Waals surface area contributed by atoms with Crippen LogP contribution in [0.1, 0.15) is 31.3 Å². The van der Waals surface area contributed by atoms with E-state index in [2.05, 4.69) is 10.6 Å². The topological polar surface area (TPSA) is 82.0 Å². The van der Waals surface area contributed by atoms with Crippen molar-refractivity contribution in [2.45, 2.75) is 20.8 Å². The first-order chi connectivity index (χ1) is 16.6. The molecule has 2 aromatic carbocycles. The van der Waals surface area contributed by atoms with E-state index in [1.54, 1.807) is 49.6 Å². The Labute approximate surface area is 206 Å². The molecule has 1 heterocycles. The van der Waals surface area contributed by atoms with E-state index in [0.717, 1.165) is 18.7 Å². The summed E-state index contributed by atoms with van der Waals surface area (Å²) >= 11 is 5.92. The number of methoxy groups -OCH3 is 1. The Morgan fingerprint density at radius 3 is 2.41 bits per heavy atom. The van der Waals surface area contributed by atoms with E-state index in [9.17, 15) is 4.79 Å². The molecule has 0 aliphatic carbocycles. The first-order valence-electron chi connectivity index (χ1n) is 11.4. The van der Waals surface area contributed by atoms with Crippen molar-refractivity contribution in [3.63, 3.8) is 0 Å². The van der Waals surface area contributed by atoms with Crippen LogP contribution in [0.5, 0.6) is 11.5 Å². The quantitative estimate of drug-likeness (QED) is 0.309. The fourth-order valence-corrected chi connectivity index (χ4v) is 3.03. The van der Waals surface area contributed by atoms with E-state index < -0.39 is 0 Å². The lowest BCUT2D eigenvalue weighted by atomic mass is 10.2. The summed E-state index contributed by atoms with van der Waals surface area (Å²) in [6.45, 7) is 9.24. The molecule has 0 bridgehead atoms. The fraction of sp³-hybridized carbons (Fsp3) is 0.346. The number of amides is 1. The number of rotatable bonds is 12. The molecule has 0 aliphatic rings. The maximum atomic E-state index is 12.7. The van der Waals surface area contributed by atoms with E-state index in [1.807, 2.05) is 32.9 Å². The Balaban J connectivity index is 0.00000199. The third-order valence-corrected chi connectivity index (χ3v) is 4.75. The van der Waals surface area contributed by atoms with Crippen LogP contribution in [-0.2, 0) is 4.74 Å². The zero-order valence-electron chi connectivity index (χ0n) is 20.2. The molecule has 0 saturated heterocycles. The number of hydrogen-bond donors (Lipinski definition) is 2. The Kier molecular flexibility index (Phi) is 12.0. The zero-order chi connectivity index (χ0) is 24.8. The van der Waals surface area contributed by atoms with Gasteiger partial charge in [-0.2, -0.15) is 0 Å². The van der Waals surface area contributed by atoms with Gasteiger partial charge in [0, 0.05) is 41.0 Å². The van der Waals surface area contributed by atoms with Crippen LogP contribution in [0.4, 0.5) is 5.69 Å². The van der Waals surface area contributed by atoms with E-state index in [-0.39, 0.29) is 11.7 Å². The van der Waals surface area contributed by atoms with Crippen molar-refractivity contribution in [2.24, 2.45) is 0 Å². The number of carbonyl (C=O) groups is 1. The van der Waals surface area contributed by atoms with E-state index in [1.165, 1.54) is 0 Å². The second-order valence-corrected chi connectivity index (χ2v) is 7.27. The molecule has 0 aliphatic heterocycles. The maximum absolute atomic E-state index is 12.7. The first kappa shape index (κ1) is 27.2. The highest BCUT2D eigenvalue weighted by Gasteiger charge is 2.14. The third-order valence-electron chi connectivity index (χ3n) is 4.50. The number of nitrogens with one attached hydrogen (secondary N) is 2. The van der Waals surface area contributed by atoms with Gasteiger partial charge < -0.3 is 29.3 Å². The van der Waals surface area contributed by atoms with Crippen LogP contribution in [0.3, 0.4) is 0 Å². The average Bonchev–Trinajstić information content (AvgIpc) is 3.35. The molecule has 0 saturated carbocycles. The van der Waals surface area contributed by atoms with Crippen LogP contribution in [0, 0.1) is 0 Å². The van der Waals surface area contributed by atoms with Crippen LogP contribution in [0.15, 0.2) is 59.0 Å². The molecule has 3 aromatic rings. The van der Waals surface area contributed by atoms with Gasteiger partial charge in [0.1, 0.15) is 23.9 Å². The fourth-order valence-electron chi connectivity index (χ4n) is 2.91. The van der Waals surface area contributed by atoms with Crippen molar-refractivity contribution in [1.29, 1.82) is 0 Å². The van der Waals surface area contributed by atoms with Gasteiger partial charge in [-0.3, -0.25) is 4.79 Å². The van der Waals surface area contributed by atoms with Crippen LogP contribution in [-0.4, -0.2) is 45.9 Å². The molecule has 1 aromatic heterocycles. The number of carbonyl (C=O) groups excluding carboxylic acids is 1. The van der Waals surface area contributed by atoms with Gasteiger partial charge in [0.2, 0.25) is 0 Å². The van der Waals surface area contributed by atoms with Crippen molar-refractivity contribution < 1.29 is 23.4 Å². The summed E-state index contributed by atoms with van der Waals surface area (Å²) in [6, 6.07) is 15.8. The minimum atomic E-state index is -0.379. The van der Waals surface area contributed by atoms with Crippen molar-refractivity contribution in [3.05, 3.63) is 65.4 Å². The summed E-state index contributed by atoms with van der Waals surface area (Å²) in [5.41, 5.74) is 1.36. The van der Waals surface area contributed by atoms with E-state index in [4.69, 9.17) is 30.2 Å². The van der Waals surface area contributed by atoms with Crippen LogP contribution >= 0.6 is 11.6 Å².